The molecule has 20 heavy (non-hydrogen) atoms. The summed E-state index contributed by atoms with van der Waals surface area (Å²) in [6.45, 7) is 0.492. The normalized spacial score (nSPS) is 14.1. The summed E-state index contributed by atoms with van der Waals surface area (Å²) in [6.07, 6.45) is 2.35. The van der Waals surface area contributed by atoms with E-state index in [1.165, 1.54) is 12.8 Å². The maximum absolute atomic E-state index is 5.81. The van der Waals surface area contributed by atoms with E-state index >= 15 is 0 Å². The van der Waals surface area contributed by atoms with Gasteiger partial charge < -0.3 is 10.1 Å². The fraction of sp³-hybridized carbons (Fsp3) is 0.333. The lowest BCUT2D eigenvalue weighted by Crippen LogP contribution is -2.04. The second-order valence-electron chi connectivity index (χ2n) is 4.85. The summed E-state index contributed by atoms with van der Waals surface area (Å²) in [5.74, 6) is 2.83. The molecule has 0 aliphatic heterocycles. The van der Waals surface area contributed by atoms with Gasteiger partial charge in [0.05, 0.1) is 0 Å². The minimum Gasteiger partial charge on any atom is -0.473 e. The third-order valence-electron chi connectivity index (χ3n) is 3.25. The van der Waals surface area contributed by atoms with Crippen molar-refractivity contribution in [2.75, 3.05) is 12.4 Å². The lowest BCUT2D eigenvalue weighted by atomic mass is 10.2. The summed E-state index contributed by atoms with van der Waals surface area (Å²) in [4.78, 5) is 8.97. The van der Waals surface area contributed by atoms with E-state index in [1.807, 2.05) is 37.4 Å². The number of nitrogens with zero attached hydrogens (tertiary/aromatic N) is 2. The zero-order valence-electron chi connectivity index (χ0n) is 11.3. The van der Waals surface area contributed by atoms with Gasteiger partial charge in [-0.2, -0.15) is 4.98 Å². The number of rotatable bonds is 5. The number of nitrogens with one attached hydrogen (secondary N) is 1. The lowest BCUT2D eigenvalue weighted by Gasteiger charge is -2.10. The van der Waals surface area contributed by atoms with Gasteiger partial charge in [0.25, 0.3) is 0 Å². The van der Waals surface area contributed by atoms with Crippen LogP contribution in [0.1, 0.15) is 30.1 Å². The number of anilines is 1. The molecule has 0 spiro atoms. The van der Waals surface area contributed by atoms with Crippen LogP contribution in [0.5, 0.6) is 5.88 Å². The second-order valence-corrected chi connectivity index (χ2v) is 5.71. The van der Waals surface area contributed by atoms with Gasteiger partial charge in [0.15, 0.2) is 0 Å². The lowest BCUT2D eigenvalue weighted by molar-refractivity contribution is 0.291. The van der Waals surface area contributed by atoms with Crippen molar-refractivity contribution in [3.8, 4) is 5.88 Å². The quantitative estimate of drug-likeness (QED) is 0.905. The fourth-order valence-electron chi connectivity index (χ4n) is 1.94. The number of benzene rings is 1. The largest absolute Gasteiger partial charge is 0.473 e. The summed E-state index contributed by atoms with van der Waals surface area (Å²) in [5, 5.41) is 3.06. The number of hydrogen-bond donors (Lipinski definition) is 1. The Labute approximate surface area is 126 Å². The number of halogens is 1. The Morgan fingerprint density at radius 3 is 2.80 bits per heavy atom. The van der Waals surface area contributed by atoms with E-state index in [4.69, 9.17) is 4.74 Å². The molecule has 1 N–H and O–H groups in total. The third-order valence-corrected chi connectivity index (χ3v) is 4.03. The summed E-state index contributed by atoms with van der Waals surface area (Å²) in [6, 6.07) is 9.86. The van der Waals surface area contributed by atoms with Crippen molar-refractivity contribution < 1.29 is 4.74 Å². The van der Waals surface area contributed by atoms with E-state index in [0.717, 1.165) is 21.7 Å². The molecular formula is C15H16BrN3O. The average molecular weight is 334 g/mol. The van der Waals surface area contributed by atoms with Crippen LogP contribution in [0, 0.1) is 0 Å². The van der Waals surface area contributed by atoms with Gasteiger partial charge in [0.2, 0.25) is 5.88 Å². The van der Waals surface area contributed by atoms with Crippen LogP contribution in [0.15, 0.2) is 34.8 Å². The van der Waals surface area contributed by atoms with Crippen molar-refractivity contribution in [1.82, 2.24) is 9.97 Å². The van der Waals surface area contributed by atoms with Crippen LogP contribution in [0.25, 0.3) is 0 Å². The first-order valence-corrected chi connectivity index (χ1v) is 7.48. The molecule has 0 amide bonds. The van der Waals surface area contributed by atoms with Crippen molar-refractivity contribution in [1.29, 1.82) is 0 Å². The first-order chi connectivity index (χ1) is 9.76. The molecule has 0 unspecified atom stereocenters. The monoisotopic (exact) mass is 333 g/mol. The second kappa shape index (κ2) is 5.79. The van der Waals surface area contributed by atoms with Crippen molar-refractivity contribution in [3.63, 3.8) is 0 Å². The molecule has 1 fully saturated rings. The number of aromatic nitrogens is 2. The molecule has 1 aliphatic rings. The molecule has 3 rings (SSSR count). The molecule has 4 nitrogen and oxygen atoms in total. The van der Waals surface area contributed by atoms with Crippen LogP contribution in [-0.2, 0) is 6.61 Å². The molecule has 0 saturated heterocycles. The first-order valence-electron chi connectivity index (χ1n) is 6.69. The molecule has 0 radical (unpaired) electrons. The standard InChI is InChI=1S/C15H16BrN3O/c1-17-13-8-14(19-15(18-13)10-6-7-10)20-9-11-4-2-3-5-12(11)16/h2-5,8,10H,6-7,9H2,1H3,(H,17,18,19). The molecule has 1 aromatic heterocycles. The molecule has 1 heterocycles. The smallest absolute Gasteiger partial charge is 0.219 e. The zero-order chi connectivity index (χ0) is 13.9. The Kier molecular flexibility index (Phi) is 3.87. The Morgan fingerprint density at radius 1 is 1.30 bits per heavy atom. The average Bonchev–Trinajstić information content (AvgIpc) is 3.31. The molecule has 5 heteroatoms. The third kappa shape index (κ3) is 3.10. The van der Waals surface area contributed by atoms with E-state index in [2.05, 4.69) is 31.2 Å². The Hall–Kier alpha value is -1.62. The molecule has 104 valence electrons. The highest BCUT2D eigenvalue weighted by Gasteiger charge is 2.27. The van der Waals surface area contributed by atoms with E-state index in [9.17, 15) is 0 Å². The molecule has 1 saturated carbocycles. The maximum atomic E-state index is 5.81. The topological polar surface area (TPSA) is 47.0 Å². The predicted octanol–water partition coefficient (Wildman–Crippen LogP) is 3.74. The number of ether oxygens (including phenoxy) is 1. The maximum Gasteiger partial charge on any atom is 0.219 e. The van der Waals surface area contributed by atoms with E-state index < -0.39 is 0 Å². The van der Waals surface area contributed by atoms with Crippen molar-refractivity contribution in [2.45, 2.75) is 25.4 Å². The Balaban J connectivity index is 1.76. The molecule has 0 atom stereocenters. The summed E-state index contributed by atoms with van der Waals surface area (Å²) in [5.41, 5.74) is 1.10. The summed E-state index contributed by atoms with van der Waals surface area (Å²) < 4.78 is 6.86. The molecule has 1 aromatic carbocycles. The molecule has 2 aromatic rings. The molecule has 1 aliphatic carbocycles. The van der Waals surface area contributed by atoms with Gasteiger partial charge in [0, 0.05) is 29.1 Å². The van der Waals surface area contributed by atoms with Crippen LogP contribution in [-0.4, -0.2) is 17.0 Å². The van der Waals surface area contributed by atoms with E-state index in [-0.39, 0.29) is 0 Å². The van der Waals surface area contributed by atoms with Gasteiger partial charge in [-0.1, -0.05) is 34.1 Å². The molecule has 0 bridgehead atoms. The van der Waals surface area contributed by atoms with Gasteiger partial charge in [-0.05, 0) is 18.9 Å². The van der Waals surface area contributed by atoms with Crippen molar-refractivity contribution >= 4 is 21.7 Å². The van der Waals surface area contributed by atoms with Crippen LogP contribution in [0.4, 0.5) is 5.82 Å². The summed E-state index contributed by atoms with van der Waals surface area (Å²) in [7, 11) is 1.86. The highest BCUT2D eigenvalue weighted by molar-refractivity contribution is 9.10. The van der Waals surface area contributed by atoms with Crippen LogP contribution in [0.3, 0.4) is 0 Å². The first kappa shape index (κ1) is 13.4. The fourth-order valence-corrected chi connectivity index (χ4v) is 2.34. The van der Waals surface area contributed by atoms with E-state index in [0.29, 0.717) is 18.4 Å². The number of hydrogen-bond acceptors (Lipinski definition) is 4. The van der Waals surface area contributed by atoms with Gasteiger partial charge in [-0.15, -0.1) is 0 Å². The summed E-state index contributed by atoms with van der Waals surface area (Å²) >= 11 is 3.52. The van der Waals surface area contributed by atoms with Gasteiger partial charge in [-0.25, -0.2) is 4.98 Å². The van der Waals surface area contributed by atoms with Crippen LogP contribution >= 0.6 is 15.9 Å². The van der Waals surface area contributed by atoms with Crippen molar-refractivity contribution in [2.24, 2.45) is 0 Å². The highest BCUT2D eigenvalue weighted by atomic mass is 79.9. The minimum absolute atomic E-state index is 0.492. The van der Waals surface area contributed by atoms with Crippen LogP contribution in [0.2, 0.25) is 0 Å². The minimum atomic E-state index is 0.492. The van der Waals surface area contributed by atoms with Crippen molar-refractivity contribution in [3.05, 3.63) is 46.2 Å². The Morgan fingerprint density at radius 2 is 2.10 bits per heavy atom. The van der Waals surface area contributed by atoms with E-state index in [1.54, 1.807) is 0 Å². The SMILES string of the molecule is CNc1cc(OCc2ccccc2Br)nc(C2CC2)n1. The molecular weight excluding hydrogens is 318 g/mol. The van der Waals surface area contributed by atoms with Crippen LogP contribution < -0.4 is 10.1 Å². The van der Waals surface area contributed by atoms with Gasteiger partial charge in [-0.3, -0.25) is 0 Å². The predicted molar refractivity (Wildman–Crippen MR) is 82.0 cm³/mol. The van der Waals surface area contributed by atoms with Gasteiger partial charge in [0.1, 0.15) is 18.2 Å². The highest BCUT2D eigenvalue weighted by Crippen LogP contribution is 2.39. The zero-order valence-corrected chi connectivity index (χ0v) is 12.9. The Bertz CT molecular complexity index is 614. The van der Waals surface area contributed by atoms with Gasteiger partial charge >= 0.3 is 0 Å².